The fraction of sp³-hybridized carbons (Fsp3) is 0.562. The molecule has 3 rings (SSSR count). The van der Waals surface area contributed by atoms with E-state index in [2.05, 4.69) is 4.90 Å². The van der Waals surface area contributed by atoms with Crippen molar-refractivity contribution in [1.82, 2.24) is 4.90 Å². The molecule has 0 radical (unpaired) electrons. The molecule has 0 saturated carbocycles. The van der Waals surface area contributed by atoms with E-state index in [1.165, 1.54) is 0 Å². The molecule has 114 valence electrons. The highest BCUT2D eigenvalue weighted by Crippen LogP contribution is 2.30. The number of hydrogen-bond acceptors (Lipinski definition) is 2. The van der Waals surface area contributed by atoms with Crippen LogP contribution in [0.1, 0.15) is 24.8 Å². The molecule has 1 aromatic carbocycles. The van der Waals surface area contributed by atoms with Crippen LogP contribution in [0.15, 0.2) is 18.2 Å². The van der Waals surface area contributed by atoms with Crippen molar-refractivity contribution in [3.05, 3.63) is 33.8 Å². The summed E-state index contributed by atoms with van der Waals surface area (Å²) >= 11 is 12.2. The van der Waals surface area contributed by atoms with Crippen LogP contribution in [0, 0.1) is 5.92 Å². The number of carbonyl (C=O) groups is 1. The summed E-state index contributed by atoms with van der Waals surface area (Å²) in [6, 6.07) is 5.89. The first-order chi connectivity index (χ1) is 10.1. The van der Waals surface area contributed by atoms with E-state index in [9.17, 15) is 4.79 Å². The van der Waals surface area contributed by atoms with Gasteiger partial charge in [-0.1, -0.05) is 29.3 Å². The highest BCUT2D eigenvalue weighted by atomic mass is 35.5. The van der Waals surface area contributed by atoms with Gasteiger partial charge in [-0.15, -0.1) is 0 Å². The average Bonchev–Trinajstić information content (AvgIpc) is 2.89. The molecule has 2 atom stereocenters. The van der Waals surface area contributed by atoms with E-state index in [1.54, 1.807) is 6.07 Å². The van der Waals surface area contributed by atoms with Gasteiger partial charge in [-0.05, 0) is 37.0 Å². The van der Waals surface area contributed by atoms with E-state index in [-0.39, 0.29) is 11.9 Å². The van der Waals surface area contributed by atoms with Crippen LogP contribution >= 0.6 is 23.2 Å². The maximum atomic E-state index is 12.0. The number of ether oxygens (including phenoxy) is 1. The standard InChI is InChI=1S/C16H19Cl2NO2/c17-13-4-3-11(14(18)9-13)8-12-10-21-7-5-15(12)19-6-1-2-16(19)20/h3-4,9,12,15H,1-2,5-8,10H2. The minimum absolute atomic E-state index is 0.278. The summed E-state index contributed by atoms with van der Waals surface area (Å²) in [6.07, 6.45) is 3.41. The third-order valence-corrected chi connectivity index (χ3v) is 5.03. The van der Waals surface area contributed by atoms with Crippen molar-refractivity contribution >= 4 is 29.1 Å². The van der Waals surface area contributed by atoms with Gasteiger partial charge in [-0.3, -0.25) is 4.79 Å². The van der Waals surface area contributed by atoms with Gasteiger partial charge < -0.3 is 9.64 Å². The molecule has 3 nitrogen and oxygen atoms in total. The maximum Gasteiger partial charge on any atom is 0.222 e. The first-order valence-corrected chi connectivity index (χ1v) is 8.22. The molecule has 0 bridgehead atoms. The van der Waals surface area contributed by atoms with Crippen molar-refractivity contribution < 1.29 is 9.53 Å². The molecule has 0 aromatic heterocycles. The SMILES string of the molecule is O=C1CCCN1C1CCOCC1Cc1ccc(Cl)cc1Cl. The quantitative estimate of drug-likeness (QED) is 0.849. The van der Waals surface area contributed by atoms with E-state index in [4.69, 9.17) is 27.9 Å². The van der Waals surface area contributed by atoms with Gasteiger partial charge in [0.25, 0.3) is 0 Å². The first kappa shape index (κ1) is 15.1. The zero-order valence-corrected chi connectivity index (χ0v) is 13.4. The van der Waals surface area contributed by atoms with Gasteiger partial charge in [0.2, 0.25) is 5.91 Å². The van der Waals surface area contributed by atoms with Crippen molar-refractivity contribution in [2.24, 2.45) is 5.92 Å². The number of halogens is 2. The molecule has 2 heterocycles. The van der Waals surface area contributed by atoms with Gasteiger partial charge in [0.1, 0.15) is 0 Å². The lowest BCUT2D eigenvalue weighted by Gasteiger charge is -2.38. The number of amides is 1. The molecule has 0 N–H and O–H groups in total. The Balaban J connectivity index is 1.76. The third-order valence-electron chi connectivity index (χ3n) is 4.44. The summed E-state index contributed by atoms with van der Waals surface area (Å²) in [5.74, 6) is 0.591. The van der Waals surface area contributed by atoms with Crippen LogP contribution in [0.2, 0.25) is 10.0 Å². The van der Waals surface area contributed by atoms with Crippen LogP contribution in [0.3, 0.4) is 0 Å². The minimum Gasteiger partial charge on any atom is -0.381 e. The molecule has 2 fully saturated rings. The Hall–Kier alpha value is -0.770. The molecule has 0 spiro atoms. The number of carbonyl (C=O) groups excluding carboxylic acids is 1. The third kappa shape index (κ3) is 3.36. The molecule has 2 saturated heterocycles. The highest BCUT2D eigenvalue weighted by Gasteiger charge is 2.35. The minimum atomic E-state index is 0.278. The molecule has 1 aromatic rings. The Labute approximate surface area is 135 Å². The van der Waals surface area contributed by atoms with E-state index in [1.807, 2.05) is 12.1 Å². The lowest BCUT2D eigenvalue weighted by molar-refractivity contribution is -0.133. The zero-order chi connectivity index (χ0) is 14.8. The second-order valence-electron chi connectivity index (χ2n) is 5.82. The Kier molecular flexibility index (Phi) is 4.72. The number of likely N-dealkylation sites (tertiary alicyclic amines) is 1. The monoisotopic (exact) mass is 327 g/mol. The van der Waals surface area contributed by atoms with Crippen LogP contribution in [0.5, 0.6) is 0 Å². The summed E-state index contributed by atoms with van der Waals surface area (Å²) in [5, 5.41) is 1.34. The predicted octanol–water partition coefficient (Wildman–Crippen LogP) is 3.56. The summed E-state index contributed by atoms with van der Waals surface area (Å²) in [7, 11) is 0. The number of nitrogens with zero attached hydrogens (tertiary/aromatic N) is 1. The fourth-order valence-corrected chi connectivity index (χ4v) is 3.87. The summed E-state index contributed by atoms with van der Waals surface area (Å²) in [6.45, 7) is 2.31. The molecule has 21 heavy (non-hydrogen) atoms. The maximum absolute atomic E-state index is 12.0. The second kappa shape index (κ2) is 6.55. The summed E-state index contributed by atoms with van der Waals surface area (Å²) in [5.41, 5.74) is 1.08. The summed E-state index contributed by atoms with van der Waals surface area (Å²) < 4.78 is 5.64. The molecule has 1 amide bonds. The smallest absolute Gasteiger partial charge is 0.222 e. The molecular formula is C16H19Cl2NO2. The lowest BCUT2D eigenvalue weighted by Crippen LogP contribution is -2.47. The van der Waals surface area contributed by atoms with Crippen molar-refractivity contribution in [2.45, 2.75) is 31.7 Å². The Morgan fingerprint density at radius 1 is 1.33 bits per heavy atom. The Morgan fingerprint density at radius 3 is 2.90 bits per heavy atom. The van der Waals surface area contributed by atoms with Crippen molar-refractivity contribution in [3.8, 4) is 0 Å². The van der Waals surface area contributed by atoms with Crippen LogP contribution in [0.4, 0.5) is 0 Å². The lowest BCUT2D eigenvalue weighted by atomic mass is 9.88. The number of benzene rings is 1. The molecule has 2 unspecified atom stereocenters. The van der Waals surface area contributed by atoms with Gasteiger partial charge in [0.15, 0.2) is 0 Å². The van der Waals surface area contributed by atoms with Crippen molar-refractivity contribution in [3.63, 3.8) is 0 Å². The van der Waals surface area contributed by atoms with Gasteiger partial charge in [0, 0.05) is 41.6 Å². The van der Waals surface area contributed by atoms with E-state index >= 15 is 0 Å². The largest absolute Gasteiger partial charge is 0.381 e. The van der Waals surface area contributed by atoms with Gasteiger partial charge in [-0.2, -0.15) is 0 Å². The predicted molar refractivity (Wildman–Crippen MR) is 83.8 cm³/mol. The topological polar surface area (TPSA) is 29.5 Å². The Morgan fingerprint density at radius 2 is 2.19 bits per heavy atom. The fourth-order valence-electron chi connectivity index (χ4n) is 3.38. The molecule has 2 aliphatic heterocycles. The van der Waals surface area contributed by atoms with Crippen LogP contribution in [-0.4, -0.2) is 36.6 Å². The second-order valence-corrected chi connectivity index (χ2v) is 6.67. The van der Waals surface area contributed by atoms with E-state index < -0.39 is 0 Å². The average molecular weight is 328 g/mol. The molecule has 5 heteroatoms. The van der Waals surface area contributed by atoms with Crippen LogP contribution in [0.25, 0.3) is 0 Å². The number of hydrogen-bond donors (Lipinski definition) is 0. The van der Waals surface area contributed by atoms with Gasteiger partial charge in [0.05, 0.1) is 6.61 Å². The van der Waals surface area contributed by atoms with Crippen LogP contribution in [-0.2, 0) is 16.0 Å². The number of rotatable bonds is 3. The zero-order valence-electron chi connectivity index (χ0n) is 11.9. The van der Waals surface area contributed by atoms with E-state index in [0.29, 0.717) is 29.0 Å². The molecular weight excluding hydrogens is 309 g/mol. The van der Waals surface area contributed by atoms with Gasteiger partial charge >= 0.3 is 0 Å². The van der Waals surface area contributed by atoms with E-state index in [0.717, 1.165) is 38.0 Å². The van der Waals surface area contributed by atoms with Crippen LogP contribution < -0.4 is 0 Å². The van der Waals surface area contributed by atoms with Gasteiger partial charge in [-0.25, -0.2) is 0 Å². The molecule has 0 aliphatic carbocycles. The Bertz CT molecular complexity index is 535. The van der Waals surface area contributed by atoms with Crippen molar-refractivity contribution in [1.29, 1.82) is 0 Å². The normalized spacial score (nSPS) is 26.4. The van der Waals surface area contributed by atoms with Crippen molar-refractivity contribution in [2.75, 3.05) is 19.8 Å². The highest BCUT2D eigenvalue weighted by molar-refractivity contribution is 6.35. The summed E-state index contributed by atoms with van der Waals surface area (Å²) in [4.78, 5) is 14.1. The molecule has 2 aliphatic rings. The first-order valence-electron chi connectivity index (χ1n) is 7.46.